The first-order chi connectivity index (χ1) is 14.0. The molecule has 0 spiro atoms. The maximum atomic E-state index is 12.8. The molecule has 29 heavy (non-hydrogen) atoms. The molecular formula is C21H18ClN3O4. The Kier molecular flexibility index (Phi) is 5.22. The Hall–Kier alpha value is -3.32. The number of carbonyl (C=O) groups is 2. The second-order valence-corrected chi connectivity index (χ2v) is 7.01. The summed E-state index contributed by atoms with van der Waals surface area (Å²) in [6.07, 6.45) is -0.899. The number of anilines is 1. The lowest BCUT2D eigenvalue weighted by molar-refractivity contribution is 0.0915. The normalized spacial score (nSPS) is 16.0. The van der Waals surface area contributed by atoms with Crippen molar-refractivity contribution in [1.82, 2.24) is 10.5 Å². The highest BCUT2D eigenvalue weighted by Gasteiger charge is 2.33. The van der Waals surface area contributed by atoms with E-state index in [0.29, 0.717) is 34.1 Å². The van der Waals surface area contributed by atoms with Gasteiger partial charge < -0.3 is 14.6 Å². The molecule has 1 N–H and O–H groups in total. The van der Waals surface area contributed by atoms with E-state index in [1.807, 2.05) is 36.4 Å². The number of ether oxygens (including phenoxy) is 1. The van der Waals surface area contributed by atoms with E-state index in [2.05, 4.69) is 10.5 Å². The Labute approximate surface area is 172 Å². The number of nitrogens with zero attached hydrogens (tertiary/aromatic N) is 2. The van der Waals surface area contributed by atoms with Gasteiger partial charge in [-0.3, -0.25) is 9.69 Å². The molecule has 1 aromatic heterocycles. The summed E-state index contributed by atoms with van der Waals surface area (Å²) in [4.78, 5) is 26.5. The molecule has 1 atom stereocenters. The first-order valence-corrected chi connectivity index (χ1v) is 9.45. The Morgan fingerprint density at radius 3 is 2.69 bits per heavy atom. The predicted molar refractivity (Wildman–Crippen MR) is 108 cm³/mol. The van der Waals surface area contributed by atoms with E-state index in [4.69, 9.17) is 20.9 Å². The standard InChI is InChI=1S/C21H18ClN3O4/c1-13-18(19(24-29-13)16-9-5-6-10-17(16)22)20(26)23-11-15-12-25(21(27)28-15)14-7-3-2-4-8-14/h2-10,15H,11-12H2,1H3,(H,23,26)/t15-/m0/s1. The van der Waals surface area contributed by atoms with Gasteiger partial charge in [0, 0.05) is 11.3 Å². The molecule has 7 nitrogen and oxygen atoms in total. The van der Waals surface area contributed by atoms with Crippen LogP contribution in [0.2, 0.25) is 5.02 Å². The minimum Gasteiger partial charge on any atom is -0.442 e. The Morgan fingerprint density at radius 2 is 1.93 bits per heavy atom. The van der Waals surface area contributed by atoms with Crippen LogP contribution in [-0.2, 0) is 4.74 Å². The Balaban J connectivity index is 1.46. The summed E-state index contributed by atoms with van der Waals surface area (Å²) in [7, 11) is 0. The van der Waals surface area contributed by atoms with Crippen molar-refractivity contribution in [3.63, 3.8) is 0 Å². The van der Waals surface area contributed by atoms with Gasteiger partial charge >= 0.3 is 6.09 Å². The van der Waals surface area contributed by atoms with E-state index in [0.717, 1.165) is 5.69 Å². The van der Waals surface area contributed by atoms with E-state index >= 15 is 0 Å². The first-order valence-electron chi connectivity index (χ1n) is 9.07. The number of para-hydroxylation sites is 1. The number of benzene rings is 2. The van der Waals surface area contributed by atoms with E-state index in [-0.39, 0.29) is 12.5 Å². The molecule has 0 saturated carbocycles. The lowest BCUT2D eigenvalue weighted by Crippen LogP contribution is -2.35. The van der Waals surface area contributed by atoms with Crippen molar-refractivity contribution in [1.29, 1.82) is 0 Å². The monoisotopic (exact) mass is 411 g/mol. The number of amides is 2. The number of halogens is 1. The third-order valence-electron chi connectivity index (χ3n) is 4.65. The van der Waals surface area contributed by atoms with Crippen LogP contribution in [0.25, 0.3) is 11.3 Å². The lowest BCUT2D eigenvalue weighted by atomic mass is 10.1. The van der Waals surface area contributed by atoms with Gasteiger partial charge in [-0.25, -0.2) is 4.79 Å². The summed E-state index contributed by atoms with van der Waals surface area (Å²) < 4.78 is 10.6. The topological polar surface area (TPSA) is 84.7 Å². The zero-order valence-electron chi connectivity index (χ0n) is 15.6. The number of aromatic nitrogens is 1. The summed E-state index contributed by atoms with van der Waals surface area (Å²) in [6.45, 7) is 2.18. The lowest BCUT2D eigenvalue weighted by Gasteiger charge is -2.13. The summed E-state index contributed by atoms with van der Waals surface area (Å²) in [5.41, 5.74) is 2.04. The van der Waals surface area contributed by atoms with E-state index in [9.17, 15) is 9.59 Å². The molecule has 2 aromatic carbocycles. The van der Waals surface area contributed by atoms with Crippen LogP contribution in [0.1, 0.15) is 16.1 Å². The molecule has 0 unspecified atom stereocenters. The first kappa shape index (κ1) is 19.0. The average Bonchev–Trinajstić information content (AvgIpc) is 3.29. The number of hydrogen-bond acceptors (Lipinski definition) is 5. The van der Waals surface area contributed by atoms with Crippen molar-refractivity contribution in [2.75, 3.05) is 18.0 Å². The largest absolute Gasteiger partial charge is 0.442 e. The molecule has 1 saturated heterocycles. The molecular weight excluding hydrogens is 394 g/mol. The summed E-state index contributed by atoms with van der Waals surface area (Å²) >= 11 is 6.24. The second kappa shape index (κ2) is 7.97. The quantitative estimate of drug-likeness (QED) is 0.684. The van der Waals surface area contributed by atoms with Crippen LogP contribution < -0.4 is 10.2 Å². The predicted octanol–water partition coefficient (Wildman–Crippen LogP) is 4.06. The van der Waals surface area contributed by atoms with Crippen molar-refractivity contribution >= 4 is 29.3 Å². The van der Waals surface area contributed by atoms with Gasteiger partial charge in [0.05, 0.1) is 18.1 Å². The maximum absolute atomic E-state index is 12.8. The van der Waals surface area contributed by atoms with Crippen molar-refractivity contribution in [2.24, 2.45) is 0 Å². The number of cyclic esters (lactones) is 1. The minimum atomic E-state index is -0.462. The average molecular weight is 412 g/mol. The Bertz CT molecular complexity index is 1050. The van der Waals surface area contributed by atoms with Gasteiger partial charge in [-0.15, -0.1) is 0 Å². The highest BCUT2D eigenvalue weighted by atomic mass is 35.5. The van der Waals surface area contributed by atoms with Crippen LogP contribution in [0.3, 0.4) is 0 Å². The minimum absolute atomic E-state index is 0.167. The molecule has 3 aromatic rings. The molecule has 1 fully saturated rings. The van der Waals surface area contributed by atoms with Gasteiger partial charge in [0.25, 0.3) is 5.91 Å². The van der Waals surface area contributed by atoms with Crippen LogP contribution in [0.5, 0.6) is 0 Å². The van der Waals surface area contributed by atoms with Crippen molar-refractivity contribution < 1.29 is 18.8 Å². The van der Waals surface area contributed by atoms with Gasteiger partial charge in [-0.1, -0.05) is 53.2 Å². The molecule has 0 aliphatic carbocycles. The SMILES string of the molecule is Cc1onc(-c2ccccc2Cl)c1C(=O)NC[C@H]1CN(c2ccccc2)C(=O)O1. The third kappa shape index (κ3) is 3.82. The van der Waals surface area contributed by atoms with Gasteiger partial charge in [-0.05, 0) is 25.1 Å². The molecule has 0 bridgehead atoms. The molecule has 8 heteroatoms. The molecule has 148 valence electrons. The summed E-state index contributed by atoms with van der Waals surface area (Å²) in [5, 5.41) is 7.27. The molecule has 2 amide bonds. The fourth-order valence-corrected chi connectivity index (χ4v) is 3.44. The van der Waals surface area contributed by atoms with Gasteiger partial charge in [0.2, 0.25) is 0 Å². The van der Waals surface area contributed by atoms with Gasteiger partial charge in [0.15, 0.2) is 0 Å². The smallest absolute Gasteiger partial charge is 0.414 e. The van der Waals surface area contributed by atoms with Crippen LogP contribution in [0, 0.1) is 6.92 Å². The van der Waals surface area contributed by atoms with E-state index in [1.165, 1.54) is 4.90 Å². The Morgan fingerprint density at radius 1 is 1.21 bits per heavy atom. The third-order valence-corrected chi connectivity index (χ3v) is 4.98. The number of aryl methyl sites for hydroxylation is 1. The van der Waals surface area contributed by atoms with Gasteiger partial charge in [0.1, 0.15) is 23.1 Å². The van der Waals surface area contributed by atoms with Crippen molar-refractivity contribution in [2.45, 2.75) is 13.0 Å². The molecule has 0 radical (unpaired) electrons. The van der Waals surface area contributed by atoms with E-state index in [1.54, 1.807) is 25.1 Å². The number of nitrogens with one attached hydrogen (secondary N) is 1. The number of carbonyl (C=O) groups excluding carboxylic acids is 2. The summed E-state index contributed by atoms with van der Waals surface area (Å²) in [5.74, 6) is 0.0135. The highest BCUT2D eigenvalue weighted by Crippen LogP contribution is 2.31. The van der Waals surface area contributed by atoms with Crippen LogP contribution in [0.15, 0.2) is 59.1 Å². The number of hydrogen-bond donors (Lipinski definition) is 1. The molecule has 1 aliphatic rings. The van der Waals surface area contributed by atoms with Crippen LogP contribution in [0.4, 0.5) is 10.5 Å². The van der Waals surface area contributed by atoms with Crippen molar-refractivity contribution in [3.8, 4) is 11.3 Å². The second-order valence-electron chi connectivity index (χ2n) is 6.60. The molecule has 4 rings (SSSR count). The van der Waals surface area contributed by atoms with Crippen LogP contribution >= 0.6 is 11.6 Å². The fourth-order valence-electron chi connectivity index (χ4n) is 3.22. The molecule has 2 heterocycles. The zero-order valence-corrected chi connectivity index (χ0v) is 16.3. The van der Waals surface area contributed by atoms with Crippen molar-refractivity contribution in [3.05, 3.63) is 70.9 Å². The highest BCUT2D eigenvalue weighted by molar-refractivity contribution is 6.33. The van der Waals surface area contributed by atoms with Gasteiger partial charge in [-0.2, -0.15) is 0 Å². The maximum Gasteiger partial charge on any atom is 0.414 e. The number of rotatable bonds is 5. The molecule has 1 aliphatic heterocycles. The fraction of sp³-hybridized carbons (Fsp3) is 0.190. The van der Waals surface area contributed by atoms with Crippen LogP contribution in [-0.4, -0.2) is 36.4 Å². The van der Waals surface area contributed by atoms with E-state index < -0.39 is 12.2 Å². The summed E-state index contributed by atoms with van der Waals surface area (Å²) in [6, 6.07) is 16.3. The zero-order chi connectivity index (χ0) is 20.4.